The Bertz CT molecular complexity index is 1180. The maximum Gasteiger partial charge on any atom is 0.0455 e. The highest BCUT2D eigenvalue weighted by atomic mass is 35.5. The number of halogens is 1. The molecule has 0 heterocycles. The third kappa shape index (κ3) is 5.80. The van der Waals surface area contributed by atoms with E-state index in [9.17, 15) is 0 Å². The van der Waals surface area contributed by atoms with Gasteiger partial charge in [0, 0.05) is 69.8 Å². The Morgan fingerprint density at radius 2 is 0.943 bits per heavy atom. The monoisotopic (exact) mass is 483 g/mol. The summed E-state index contributed by atoms with van der Waals surface area (Å²) in [6.45, 7) is 0.764. The molecule has 35 heavy (non-hydrogen) atoms. The van der Waals surface area contributed by atoms with Crippen LogP contribution in [-0.4, -0.2) is 35.2 Å². The zero-order valence-electron chi connectivity index (χ0n) is 21.2. The number of rotatable bonds is 8. The van der Waals surface area contributed by atoms with Crippen LogP contribution in [0, 0.1) is 0 Å². The standard InChI is InChI=1S/C31H34ClN3/c1-33(2)27-16-10-23(11-17-27)31(24-12-18-28(19-13-24)34(3)4)25-14-20-29(21-15-25)35(5)22-26-8-6-7-9-30(26)32/h6-21,31H,22H2,1-5H3. The summed E-state index contributed by atoms with van der Waals surface area (Å²) < 4.78 is 0. The second-order valence-corrected chi connectivity index (χ2v) is 9.85. The first kappa shape index (κ1) is 24.7. The van der Waals surface area contributed by atoms with Crippen molar-refractivity contribution < 1.29 is 0 Å². The van der Waals surface area contributed by atoms with Gasteiger partial charge in [0.15, 0.2) is 0 Å². The molecule has 0 saturated carbocycles. The summed E-state index contributed by atoms with van der Waals surface area (Å²) in [6.07, 6.45) is 0. The van der Waals surface area contributed by atoms with Crippen LogP contribution >= 0.6 is 11.6 Å². The van der Waals surface area contributed by atoms with Crippen molar-refractivity contribution in [2.24, 2.45) is 0 Å². The fourth-order valence-corrected chi connectivity index (χ4v) is 4.60. The molecule has 0 unspecified atom stereocenters. The lowest BCUT2D eigenvalue weighted by molar-refractivity contribution is 0.918. The van der Waals surface area contributed by atoms with E-state index >= 15 is 0 Å². The summed E-state index contributed by atoms with van der Waals surface area (Å²) >= 11 is 6.39. The van der Waals surface area contributed by atoms with Gasteiger partial charge in [-0.2, -0.15) is 0 Å². The fourth-order valence-electron chi connectivity index (χ4n) is 4.40. The van der Waals surface area contributed by atoms with Gasteiger partial charge in [0.25, 0.3) is 0 Å². The molecule has 4 aromatic rings. The summed E-state index contributed by atoms with van der Waals surface area (Å²) in [5, 5.41) is 0.804. The van der Waals surface area contributed by atoms with Gasteiger partial charge in [-0.25, -0.2) is 0 Å². The molecule has 3 nitrogen and oxygen atoms in total. The van der Waals surface area contributed by atoms with Crippen molar-refractivity contribution in [3.63, 3.8) is 0 Å². The molecule has 0 aromatic heterocycles. The van der Waals surface area contributed by atoms with Crippen molar-refractivity contribution in [2.75, 3.05) is 49.9 Å². The van der Waals surface area contributed by atoms with Crippen molar-refractivity contribution in [1.29, 1.82) is 0 Å². The van der Waals surface area contributed by atoms with E-state index in [4.69, 9.17) is 11.6 Å². The average Bonchev–Trinajstić information content (AvgIpc) is 2.86. The van der Waals surface area contributed by atoms with E-state index in [0.29, 0.717) is 0 Å². The van der Waals surface area contributed by atoms with Gasteiger partial charge in [0.1, 0.15) is 0 Å². The van der Waals surface area contributed by atoms with E-state index in [-0.39, 0.29) is 5.92 Å². The smallest absolute Gasteiger partial charge is 0.0455 e. The summed E-state index contributed by atoms with van der Waals surface area (Å²) in [6, 6.07) is 34.7. The van der Waals surface area contributed by atoms with Crippen LogP contribution in [0.4, 0.5) is 17.1 Å². The second kappa shape index (κ2) is 10.9. The SMILES string of the molecule is CN(C)c1ccc(C(c2ccc(N(C)C)cc2)c2ccc(N(C)Cc3ccccc3Cl)cc2)cc1. The van der Waals surface area contributed by atoms with E-state index < -0.39 is 0 Å². The zero-order chi connectivity index (χ0) is 24.9. The van der Waals surface area contributed by atoms with E-state index in [1.807, 2.05) is 18.2 Å². The summed E-state index contributed by atoms with van der Waals surface area (Å²) in [7, 11) is 10.4. The molecule has 0 fully saturated rings. The van der Waals surface area contributed by atoms with Crippen LogP contribution < -0.4 is 14.7 Å². The van der Waals surface area contributed by atoms with Gasteiger partial charge in [-0.3, -0.25) is 0 Å². The normalized spacial score (nSPS) is 10.9. The molecule has 0 amide bonds. The van der Waals surface area contributed by atoms with Crippen LogP contribution in [0.5, 0.6) is 0 Å². The van der Waals surface area contributed by atoms with E-state index in [1.165, 1.54) is 33.8 Å². The maximum absolute atomic E-state index is 6.39. The molecular weight excluding hydrogens is 450 g/mol. The van der Waals surface area contributed by atoms with Crippen LogP contribution in [0.25, 0.3) is 0 Å². The highest BCUT2D eigenvalue weighted by molar-refractivity contribution is 6.31. The number of hydrogen-bond acceptors (Lipinski definition) is 3. The maximum atomic E-state index is 6.39. The molecule has 0 radical (unpaired) electrons. The molecule has 180 valence electrons. The number of hydrogen-bond donors (Lipinski definition) is 0. The molecule has 0 N–H and O–H groups in total. The fraction of sp³-hybridized carbons (Fsp3) is 0.226. The first-order valence-electron chi connectivity index (χ1n) is 11.9. The number of benzene rings is 4. The van der Waals surface area contributed by atoms with Crippen molar-refractivity contribution in [3.05, 3.63) is 124 Å². The molecule has 0 bridgehead atoms. The van der Waals surface area contributed by atoms with Crippen LogP contribution in [0.2, 0.25) is 5.02 Å². The Morgan fingerprint density at radius 1 is 0.543 bits per heavy atom. The van der Waals surface area contributed by atoms with E-state index in [1.54, 1.807) is 0 Å². The molecule has 0 atom stereocenters. The highest BCUT2D eigenvalue weighted by Gasteiger charge is 2.18. The molecule has 0 aliphatic rings. The quantitative estimate of drug-likeness (QED) is 0.244. The van der Waals surface area contributed by atoms with Crippen LogP contribution in [0.1, 0.15) is 28.2 Å². The first-order valence-corrected chi connectivity index (χ1v) is 12.3. The second-order valence-electron chi connectivity index (χ2n) is 9.44. The Labute approximate surface area is 215 Å². The average molecular weight is 484 g/mol. The molecule has 0 saturated heterocycles. The lowest BCUT2D eigenvalue weighted by Gasteiger charge is -2.24. The molecule has 4 rings (SSSR count). The van der Waals surface area contributed by atoms with E-state index in [0.717, 1.165) is 17.1 Å². The van der Waals surface area contributed by atoms with Gasteiger partial charge in [-0.1, -0.05) is 66.2 Å². The van der Waals surface area contributed by atoms with Crippen molar-refractivity contribution >= 4 is 28.7 Å². The molecule has 0 aliphatic heterocycles. The van der Waals surface area contributed by atoms with Crippen LogP contribution in [-0.2, 0) is 6.54 Å². The summed E-state index contributed by atoms with van der Waals surface area (Å²) in [5.41, 5.74) is 8.53. The summed E-state index contributed by atoms with van der Waals surface area (Å²) in [4.78, 5) is 6.50. The highest BCUT2D eigenvalue weighted by Crippen LogP contribution is 2.35. The van der Waals surface area contributed by atoms with Gasteiger partial charge in [-0.15, -0.1) is 0 Å². The minimum Gasteiger partial charge on any atom is -0.378 e. The van der Waals surface area contributed by atoms with Gasteiger partial charge in [0.05, 0.1) is 0 Å². The molecular formula is C31H34ClN3. The predicted molar refractivity (Wildman–Crippen MR) is 152 cm³/mol. The van der Waals surface area contributed by atoms with Crippen LogP contribution in [0.3, 0.4) is 0 Å². The van der Waals surface area contributed by atoms with Gasteiger partial charge in [0.2, 0.25) is 0 Å². The first-order chi connectivity index (χ1) is 16.8. The Hall–Kier alpha value is -3.43. The Morgan fingerprint density at radius 3 is 1.34 bits per heavy atom. The van der Waals surface area contributed by atoms with Gasteiger partial charge < -0.3 is 14.7 Å². The lowest BCUT2D eigenvalue weighted by Crippen LogP contribution is -2.16. The van der Waals surface area contributed by atoms with Crippen molar-refractivity contribution in [2.45, 2.75) is 12.5 Å². The molecule has 4 heteroatoms. The summed E-state index contributed by atoms with van der Waals surface area (Å²) in [5.74, 6) is 0.158. The van der Waals surface area contributed by atoms with Gasteiger partial charge in [-0.05, 0) is 64.7 Å². The largest absolute Gasteiger partial charge is 0.378 e. The third-order valence-corrected chi connectivity index (χ3v) is 6.89. The zero-order valence-corrected chi connectivity index (χ0v) is 22.0. The Balaban J connectivity index is 1.65. The van der Waals surface area contributed by atoms with E-state index in [2.05, 4.69) is 129 Å². The number of anilines is 3. The van der Waals surface area contributed by atoms with Crippen molar-refractivity contribution in [1.82, 2.24) is 0 Å². The molecule has 0 spiro atoms. The molecule has 0 aliphatic carbocycles. The predicted octanol–water partition coefficient (Wildman–Crippen LogP) is 7.29. The minimum absolute atomic E-state index is 0.158. The Kier molecular flexibility index (Phi) is 7.67. The lowest BCUT2D eigenvalue weighted by atomic mass is 9.85. The van der Waals surface area contributed by atoms with Crippen LogP contribution in [0.15, 0.2) is 97.1 Å². The number of nitrogens with zero attached hydrogens (tertiary/aromatic N) is 3. The minimum atomic E-state index is 0.158. The van der Waals surface area contributed by atoms with Crippen molar-refractivity contribution in [3.8, 4) is 0 Å². The van der Waals surface area contributed by atoms with Gasteiger partial charge >= 0.3 is 0 Å². The third-order valence-electron chi connectivity index (χ3n) is 6.52. The molecule has 4 aromatic carbocycles. The topological polar surface area (TPSA) is 9.72 Å².